The van der Waals surface area contributed by atoms with Crippen LogP contribution in [0.2, 0.25) is 0 Å². The number of imidazole rings is 1. The Kier molecular flexibility index (Phi) is 5.37. The number of pyridine rings is 1. The van der Waals surface area contributed by atoms with Crippen molar-refractivity contribution in [2.24, 2.45) is 0 Å². The lowest BCUT2D eigenvalue weighted by atomic mass is 10.1. The van der Waals surface area contributed by atoms with Gasteiger partial charge in [-0.1, -0.05) is 12.1 Å². The second-order valence-corrected chi connectivity index (χ2v) is 7.33. The topological polar surface area (TPSA) is 88.9 Å². The van der Waals surface area contributed by atoms with Crippen LogP contribution in [0.4, 0.5) is 0 Å². The summed E-state index contributed by atoms with van der Waals surface area (Å²) in [5, 5.41) is 5.93. The third-order valence-electron chi connectivity index (χ3n) is 4.95. The number of carbonyl (C=O) groups excluding carboxylic acids is 2. The fraction of sp³-hybridized carbons (Fsp3) is 0.273. The number of benzene rings is 1. The number of rotatable bonds is 7. The standard InChI is InChI=1S/C22H23N5O2/c1-15(27-10-9-23-14-27)13-25-21(28)17-4-2-3-16(11-17)20-12-18(7-8-24-20)22(29)26-19-5-6-19/h2-4,7-12,14-15,19H,5-6,13H2,1H3,(H,25,28)(H,26,29)/t15-/m1/s1. The quantitative estimate of drug-likeness (QED) is 0.650. The van der Waals surface area contributed by atoms with E-state index < -0.39 is 0 Å². The third-order valence-corrected chi connectivity index (χ3v) is 4.95. The van der Waals surface area contributed by atoms with Crippen molar-refractivity contribution in [1.82, 2.24) is 25.2 Å². The zero-order valence-corrected chi connectivity index (χ0v) is 16.2. The zero-order valence-electron chi connectivity index (χ0n) is 16.2. The normalized spacial score (nSPS) is 14.2. The van der Waals surface area contributed by atoms with Gasteiger partial charge < -0.3 is 15.2 Å². The fourth-order valence-corrected chi connectivity index (χ4v) is 3.02. The molecule has 2 amide bonds. The van der Waals surface area contributed by atoms with E-state index in [9.17, 15) is 9.59 Å². The summed E-state index contributed by atoms with van der Waals surface area (Å²) in [6, 6.07) is 11.1. The zero-order chi connectivity index (χ0) is 20.2. The van der Waals surface area contributed by atoms with Crippen LogP contribution in [0, 0.1) is 0 Å². The Labute approximate surface area is 169 Å². The molecule has 3 aromatic rings. The van der Waals surface area contributed by atoms with Gasteiger partial charge in [0.1, 0.15) is 0 Å². The molecule has 148 valence electrons. The molecule has 1 aliphatic carbocycles. The van der Waals surface area contributed by atoms with Crippen molar-refractivity contribution in [1.29, 1.82) is 0 Å². The summed E-state index contributed by atoms with van der Waals surface area (Å²) < 4.78 is 1.94. The van der Waals surface area contributed by atoms with Crippen molar-refractivity contribution in [2.75, 3.05) is 6.54 Å². The van der Waals surface area contributed by atoms with Gasteiger partial charge in [0.05, 0.1) is 12.0 Å². The highest BCUT2D eigenvalue weighted by atomic mass is 16.2. The maximum atomic E-state index is 12.6. The highest BCUT2D eigenvalue weighted by Crippen LogP contribution is 2.22. The number of carbonyl (C=O) groups is 2. The highest BCUT2D eigenvalue weighted by Gasteiger charge is 2.24. The summed E-state index contributed by atoms with van der Waals surface area (Å²) in [4.78, 5) is 33.3. The first-order valence-electron chi connectivity index (χ1n) is 9.73. The third kappa shape index (κ3) is 4.68. The van der Waals surface area contributed by atoms with Crippen LogP contribution in [-0.2, 0) is 0 Å². The van der Waals surface area contributed by atoms with Gasteiger partial charge in [-0.3, -0.25) is 14.6 Å². The van der Waals surface area contributed by atoms with Gasteiger partial charge in [-0.05, 0) is 44.0 Å². The monoisotopic (exact) mass is 389 g/mol. The molecule has 0 aliphatic heterocycles. The number of hydrogen-bond acceptors (Lipinski definition) is 4. The molecule has 1 atom stereocenters. The lowest BCUT2D eigenvalue weighted by Crippen LogP contribution is -2.29. The molecule has 1 aliphatic rings. The first kappa shape index (κ1) is 18.9. The maximum Gasteiger partial charge on any atom is 0.251 e. The van der Waals surface area contributed by atoms with E-state index in [1.54, 1.807) is 43.0 Å². The van der Waals surface area contributed by atoms with E-state index in [2.05, 4.69) is 20.6 Å². The van der Waals surface area contributed by atoms with Gasteiger partial charge in [0, 0.05) is 53.9 Å². The molecule has 7 nitrogen and oxygen atoms in total. The van der Waals surface area contributed by atoms with E-state index in [-0.39, 0.29) is 17.9 Å². The van der Waals surface area contributed by atoms with Gasteiger partial charge in [-0.15, -0.1) is 0 Å². The molecule has 2 aromatic heterocycles. The molecule has 29 heavy (non-hydrogen) atoms. The van der Waals surface area contributed by atoms with Gasteiger partial charge >= 0.3 is 0 Å². The highest BCUT2D eigenvalue weighted by molar-refractivity contribution is 5.97. The SMILES string of the molecule is C[C@H](CNC(=O)c1cccc(-c2cc(C(=O)NC3CC3)ccn2)c1)n1ccnc1. The van der Waals surface area contributed by atoms with E-state index in [1.807, 2.05) is 29.8 Å². The van der Waals surface area contributed by atoms with Crippen molar-refractivity contribution in [3.63, 3.8) is 0 Å². The van der Waals surface area contributed by atoms with Crippen molar-refractivity contribution >= 4 is 11.8 Å². The molecule has 0 radical (unpaired) electrons. The second kappa shape index (κ2) is 8.26. The van der Waals surface area contributed by atoms with E-state index in [4.69, 9.17) is 0 Å². The van der Waals surface area contributed by atoms with Crippen LogP contribution in [0.5, 0.6) is 0 Å². The second-order valence-electron chi connectivity index (χ2n) is 7.33. The minimum Gasteiger partial charge on any atom is -0.350 e. The lowest BCUT2D eigenvalue weighted by molar-refractivity contribution is 0.0941. The largest absolute Gasteiger partial charge is 0.350 e. The van der Waals surface area contributed by atoms with Crippen molar-refractivity contribution in [3.8, 4) is 11.3 Å². The maximum absolute atomic E-state index is 12.6. The number of amides is 2. The van der Waals surface area contributed by atoms with E-state index in [0.29, 0.717) is 29.4 Å². The summed E-state index contributed by atoms with van der Waals surface area (Å²) in [6.07, 6.45) is 9.02. The molecule has 2 N–H and O–H groups in total. The molecular weight excluding hydrogens is 366 g/mol. The summed E-state index contributed by atoms with van der Waals surface area (Å²) >= 11 is 0. The molecule has 1 saturated carbocycles. The van der Waals surface area contributed by atoms with Crippen LogP contribution in [0.3, 0.4) is 0 Å². The Morgan fingerprint density at radius 1 is 1.14 bits per heavy atom. The summed E-state index contributed by atoms with van der Waals surface area (Å²) in [7, 11) is 0. The van der Waals surface area contributed by atoms with Crippen molar-refractivity contribution in [2.45, 2.75) is 31.8 Å². The molecule has 2 heterocycles. The van der Waals surface area contributed by atoms with Gasteiger partial charge in [0.2, 0.25) is 0 Å². The van der Waals surface area contributed by atoms with Gasteiger partial charge in [-0.2, -0.15) is 0 Å². The first-order valence-corrected chi connectivity index (χ1v) is 9.73. The van der Waals surface area contributed by atoms with Crippen LogP contribution in [-0.4, -0.2) is 38.9 Å². The van der Waals surface area contributed by atoms with Crippen molar-refractivity contribution in [3.05, 3.63) is 72.4 Å². The molecule has 4 rings (SSSR count). The number of aromatic nitrogens is 3. The van der Waals surface area contributed by atoms with Crippen molar-refractivity contribution < 1.29 is 9.59 Å². The van der Waals surface area contributed by atoms with Gasteiger partial charge in [0.25, 0.3) is 11.8 Å². The smallest absolute Gasteiger partial charge is 0.251 e. The molecule has 7 heteroatoms. The molecule has 0 bridgehead atoms. The Morgan fingerprint density at radius 3 is 2.72 bits per heavy atom. The van der Waals surface area contributed by atoms with Crippen LogP contribution in [0.15, 0.2) is 61.3 Å². The van der Waals surface area contributed by atoms with Gasteiger partial charge in [0.15, 0.2) is 0 Å². The average Bonchev–Trinajstić information content (AvgIpc) is 3.39. The lowest BCUT2D eigenvalue weighted by Gasteiger charge is -2.14. The van der Waals surface area contributed by atoms with Crippen LogP contribution in [0.25, 0.3) is 11.3 Å². The minimum atomic E-state index is -0.151. The summed E-state index contributed by atoms with van der Waals surface area (Å²) in [6.45, 7) is 2.51. The van der Waals surface area contributed by atoms with Gasteiger partial charge in [-0.25, -0.2) is 4.98 Å². The number of nitrogens with zero attached hydrogens (tertiary/aromatic N) is 3. The van der Waals surface area contributed by atoms with Crippen LogP contribution >= 0.6 is 0 Å². The Bertz CT molecular complexity index is 1010. The molecule has 1 fully saturated rings. The summed E-state index contributed by atoms with van der Waals surface area (Å²) in [5.74, 6) is -0.236. The van der Waals surface area contributed by atoms with E-state index in [0.717, 1.165) is 18.4 Å². The molecule has 0 spiro atoms. The molecule has 1 aromatic carbocycles. The minimum absolute atomic E-state index is 0.0847. The van der Waals surface area contributed by atoms with E-state index >= 15 is 0 Å². The first-order chi connectivity index (χ1) is 14.1. The number of nitrogens with one attached hydrogen (secondary N) is 2. The number of hydrogen-bond donors (Lipinski definition) is 2. The molecule has 0 unspecified atom stereocenters. The average molecular weight is 389 g/mol. The summed E-state index contributed by atoms with van der Waals surface area (Å²) in [5.41, 5.74) is 2.58. The van der Waals surface area contributed by atoms with Crippen LogP contribution < -0.4 is 10.6 Å². The Hall–Kier alpha value is -3.48. The predicted molar refractivity (Wildman–Crippen MR) is 109 cm³/mol. The molecule has 0 saturated heterocycles. The fourth-order valence-electron chi connectivity index (χ4n) is 3.02. The van der Waals surface area contributed by atoms with E-state index in [1.165, 1.54) is 0 Å². The van der Waals surface area contributed by atoms with Crippen LogP contribution in [0.1, 0.15) is 46.5 Å². The Balaban J connectivity index is 1.45. The molecular formula is C22H23N5O2. The predicted octanol–water partition coefficient (Wildman–Crippen LogP) is 2.83. The Morgan fingerprint density at radius 2 is 1.97 bits per heavy atom.